The van der Waals surface area contributed by atoms with E-state index in [1.807, 2.05) is 27.7 Å². The molecule has 2 heterocycles. The van der Waals surface area contributed by atoms with Crippen molar-refractivity contribution in [2.45, 2.75) is 48.0 Å². The number of carbonyl (C=O) groups is 3. The minimum atomic E-state index is -0.434. The summed E-state index contributed by atoms with van der Waals surface area (Å²) in [5, 5.41) is 0. The number of nitrogens with zero attached hydrogens (tertiary/aromatic N) is 2. The summed E-state index contributed by atoms with van der Waals surface area (Å²) in [5.74, 6) is -1.20. The molecule has 0 radical (unpaired) electrons. The molecule has 0 atom stereocenters. The van der Waals surface area contributed by atoms with E-state index in [1.54, 1.807) is 24.3 Å². The molecule has 2 aromatic rings. The van der Waals surface area contributed by atoms with E-state index in [1.165, 1.54) is 24.5 Å². The number of aromatic nitrogens is 2. The molecular weight excluding hydrogens is 316 g/mol. The molecule has 0 aliphatic carbocycles. The molecule has 136 valence electrons. The van der Waals surface area contributed by atoms with Crippen molar-refractivity contribution < 1.29 is 14.4 Å². The van der Waals surface area contributed by atoms with E-state index in [0.29, 0.717) is 0 Å². The molecule has 5 nitrogen and oxygen atoms in total. The average molecular weight is 344 g/mol. The number of hydrogen-bond acceptors (Lipinski definition) is 5. The Kier molecular flexibility index (Phi) is 14.6. The lowest BCUT2D eigenvalue weighted by Gasteiger charge is -2.00. The van der Waals surface area contributed by atoms with Gasteiger partial charge in [-0.2, -0.15) is 0 Å². The van der Waals surface area contributed by atoms with Crippen LogP contribution in [0.2, 0.25) is 0 Å². The Hall–Kier alpha value is -2.69. The summed E-state index contributed by atoms with van der Waals surface area (Å²) in [7, 11) is 0. The standard InChI is InChI=1S/C15H12N2O3.2C2H6.CH4/c18-11(9-14(19)12-5-1-3-7-16-12)10-15(20)13-6-2-4-8-17-13;2*1-2;/h1-8H,9-10H2;2*1-2H3;1H4. The van der Waals surface area contributed by atoms with E-state index in [0.717, 1.165) is 0 Å². The van der Waals surface area contributed by atoms with Crippen LogP contribution in [0.1, 0.15) is 68.9 Å². The minimum Gasteiger partial charge on any atom is -0.299 e. The van der Waals surface area contributed by atoms with Gasteiger partial charge in [-0.25, -0.2) is 0 Å². The maximum atomic E-state index is 11.8. The molecule has 0 fully saturated rings. The minimum absolute atomic E-state index is 0. The van der Waals surface area contributed by atoms with Crippen LogP contribution in [0.25, 0.3) is 0 Å². The van der Waals surface area contributed by atoms with Crippen LogP contribution in [0.3, 0.4) is 0 Å². The van der Waals surface area contributed by atoms with E-state index in [4.69, 9.17) is 0 Å². The van der Waals surface area contributed by atoms with E-state index in [-0.39, 0.29) is 43.2 Å². The molecule has 25 heavy (non-hydrogen) atoms. The molecular formula is C20H28N2O3. The Morgan fingerprint density at radius 1 is 0.720 bits per heavy atom. The summed E-state index contributed by atoms with van der Waals surface area (Å²) in [4.78, 5) is 43.0. The van der Waals surface area contributed by atoms with E-state index < -0.39 is 5.78 Å². The second-order valence-electron chi connectivity index (χ2n) is 4.17. The van der Waals surface area contributed by atoms with Crippen LogP contribution in [0.15, 0.2) is 48.8 Å². The first-order valence-electron chi connectivity index (χ1n) is 8.07. The van der Waals surface area contributed by atoms with E-state index in [2.05, 4.69) is 9.97 Å². The molecule has 0 aromatic carbocycles. The van der Waals surface area contributed by atoms with Crippen LogP contribution < -0.4 is 0 Å². The SMILES string of the molecule is C.CC.CC.O=C(CC(=O)c1ccccn1)CC(=O)c1ccccn1. The van der Waals surface area contributed by atoms with Gasteiger partial charge in [0.15, 0.2) is 11.6 Å². The predicted molar refractivity (Wildman–Crippen MR) is 101 cm³/mol. The maximum Gasteiger partial charge on any atom is 0.188 e. The average Bonchev–Trinajstić information content (AvgIpc) is 2.66. The van der Waals surface area contributed by atoms with Gasteiger partial charge in [-0.1, -0.05) is 47.3 Å². The van der Waals surface area contributed by atoms with Crippen LogP contribution in [-0.4, -0.2) is 27.3 Å². The molecule has 0 aliphatic heterocycles. The van der Waals surface area contributed by atoms with Crippen molar-refractivity contribution in [1.29, 1.82) is 0 Å². The number of ketones is 3. The third-order valence-electron chi connectivity index (χ3n) is 2.62. The second kappa shape index (κ2) is 14.9. The molecule has 0 spiro atoms. The van der Waals surface area contributed by atoms with Crippen molar-refractivity contribution in [2.24, 2.45) is 0 Å². The van der Waals surface area contributed by atoms with Crippen molar-refractivity contribution in [1.82, 2.24) is 9.97 Å². The second-order valence-corrected chi connectivity index (χ2v) is 4.17. The number of rotatable bonds is 6. The van der Waals surface area contributed by atoms with E-state index in [9.17, 15) is 14.4 Å². The van der Waals surface area contributed by atoms with Gasteiger partial charge in [0.05, 0.1) is 12.8 Å². The van der Waals surface area contributed by atoms with Gasteiger partial charge >= 0.3 is 0 Å². The van der Waals surface area contributed by atoms with Gasteiger partial charge in [0, 0.05) is 12.4 Å². The zero-order valence-corrected chi connectivity index (χ0v) is 14.7. The Morgan fingerprint density at radius 3 is 1.36 bits per heavy atom. The van der Waals surface area contributed by atoms with Crippen molar-refractivity contribution >= 4 is 17.3 Å². The Balaban J connectivity index is 0. The third kappa shape index (κ3) is 9.25. The van der Waals surface area contributed by atoms with Gasteiger partial charge in [0.1, 0.15) is 17.2 Å². The monoisotopic (exact) mass is 344 g/mol. The van der Waals surface area contributed by atoms with Crippen LogP contribution >= 0.6 is 0 Å². The zero-order valence-electron chi connectivity index (χ0n) is 14.7. The van der Waals surface area contributed by atoms with Crippen molar-refractivity contribution in [3.8, 4) is 0 Å². The Labute approximate surface area is 150 Å². The fourth-order valence-corrected chi connectivity index (χ4v) is 1.66. The largest absolute Gasteiger partial charge is 0.299 e. The van der Waals surface area contributed by atoms with Crippen LogP contribution in [0, 0.1) is 0 Å². The van der Waals surface area contributed by atoms with Crippen LogP contribution in [-0.2, 0) is 4.79 Å². The molecule has 0 aliphatic rings. The molecule has 0 saturated carbocycles. The van der Waals surface area contributed by atoms with Crippen molar-refractivity contribution in [2.75, 3.05) is 0 Å². The summed E-state index contributed by atoms with van der Waals surface area (Å²) < 4.78 is 0. The van der Waals surface area contributed by atoms with E-state index >= 15 is 0 Å². The predicted octanol–water partition coefficient (Wildman–Crippen LogP) is 4.58. The quantitative estimate of drug-likeness (QED) is 0.566. The summed E-state index contributed by atoms with van der Waals surface area (Å²) in [5.41, 5.74) is 0.456. The molecule has 2 rings (SSSR count). The highest BCUT2D eigenvalue weighted by molar-refractivity contribution is 6.14. The summed E-state index contributed by atoms with van der Waals surface area (Å²) in [6.45, 7) is 8.00. The Bertz CT molecular complexity index is 570. The van der Waals surface area contributed by atoms with Gasteiger partial charge in [0.25, 0.3) is 0 Å². The van der Waals surface area contributed by atoms with Crippen molar-refractivity contribution in [3.05, 3.63) is 60.2 Å². The fourth-order valence-electron chi connectivity index (χ4n) is 1.66. The molecule has 0 saturated heterocycles. The highest BCUT2D eigenvalue weighted by atomic mass is 16.2. The molecule has 0 unspecified atom stereocenters. The van der Waals surface area contributed by atoms with Gasteiger partial charge in [-0.15, -0.1) is 0 Å². The normalized spacial score (nSPS) is 8.48. The lowest BCUT2D eigenvalue weighted by molar-refractivity contribution is -0.117. The summed E-state index contributed by atoms with van der Waals surface area (Å²) in [6, 6.07) is 9.78. The highest BCUT2D eigenvalue weighted by Crippen LogP contribution is 2.05. The summed E-state index contributed by atoms with van der Waals surface area (Å²) in [6.07, 6.45) is 2.32. The number of carbonyl (C=O) groups excluding carboxylic acids is 3. The number of pyridine rings is 2. The first-order chi connectivity index (χ1) is 11.7. The maximum absolute atomic E-state index is 11.8. The number of hydrogen-bond donors (Lipinski definition) is 0. The molecule has 0 amide bonds. The van der Waals surface area contributed by atoms with Crippen LogP contribution in [0.4, 0.5) is 0 Å². The molecule has 0 bridgehead atoms. The van der Waals surface area contributed by atoms with Gasteiger partial charge in [-0.3, -0.25) is 24.4 Å². The summed E-state index contributed by atoms with van der Waals surface area (Å²) >= 11 is 0. The lowest BCUT2D eigenvalue weighted by atomic mass is 10.1. The molecule has 0 N–H and O–H groups in total. The first-order valence-corrected chi connectivity index (χ1v) is 8.07. The highest BCUT2D eigenvalue weighted by Gasteiger charge is 2.17. The van der Waals surface area contributed by atoms with Gasteiger partial charge < -0.3 is 0 Å². The lowest BCUT2D eigenvalue weighted by Crippen LogP contribution is -2.14. The van der Waals surface area contributed by atoms with Gasteiger partial charge in [0.2, 0.25) is 0 Å². The number of Topliss-reactive ketones (excluding diaryl/α,β-unsaturated/α-hetero) is 3. The zero-order chi connectivity index (χ0) is 18.4. The molecule has 5 heteroatoms. The third-order valence-corrected chi connectivity index (χ3v) is 2.62. The topological polar surface area (TPSA) is 77.0 Å². The smallest absolute Gasteiger partial charge is 0.188 e. The molecule has 2 aromatic heterocycles. The van der Waals surface area contributed by atoms with Gasteiger partial charge in [-0.05, 0) is 24.3 Å². The fraction of sp³-hybridized carbons (Fsp3) is 0.350. The van der Waals surface area contributed by atoms with Crippen molar-refractivity contribution in [3.63, 3.8) is 0 Å². The van der Waals surface area contributed by atoms with Crippen LogP contribution in [0.5, 0.6) is 0 Å². The first kappa shape index (κ1) is 24.6. The Morgan fingerprint density at radius 2 is 1.08 bits per heavy atom.